The minimum atomic E-state index is 0.320. The largest absolute Gasteiger partial charge is 0.467 e. The first-order chi connectivity index (χ1) is 8.22. The summed E-state index contributed by atoms with van der Waals surface area (Å²) in [7, 11) is 1.53. The molecule has 0 N–H and O–H groups in total. The lowest BCUT2D eigenvalue weighted by atomic mass is 10.3. The summed E-state index contributed by atoms with van der Waals surface area (Å²) in [5.74, 6) is 1.22. The first-order valence-electron chi connectivity index (χ1n) is 5.60. The SMILES string of the molecule is CCCCN(CCCl)c1nc(OC)ncc1Cl. The van der Waals surface area contributed by atoms with Crippen molar-refractivity contribution in [3.05, 3.63) is 11.2 Å². The molecule has 0 unspecified atom stereocenters. The van der Waals surface area contributed by atoms with Crippen molar-refractivity contribution in [3.63, 3.8) is 0 Å². The van der Waals surface area contributed by atoms with Crippen molar-refractivity contribution in [2.24, 2.45) is 0 Å². The Morgan fingerprint density at radius 3 is 2.76 bits per heavy atom. The molecule has 0 aliphatic carbocycles. The van der Waals surface area contributed by atoms with Gasteiger partial charge in [-0.3, -0.25) is 0 Å². The number of halogens is 2. The number of anilines is 1. The average molecular weight is 278 g/mol. The van der Waals surface area contributed by atoms with Crippen molar-refractivity contribution in [1.82, 2.24) is 9.97 Å². The fourth-order valence-electron chi connectivity index (χ4n) is 1.44. The maximum atomic E-state index is 6.10. The van der Waals surface area contributed by atoms with Crippen LogP contribution in [0.2, 0.25) is 5.02 Å². The summed E-state index contributed by atoms with van der Waals surface area (Å²) in [5.41, 5.74) is 0. The smallest absolute Gasteiger partial charge is 0.318 e. The Bertz CT molecular complexity index is 349. The number of rotatable bonds is 7. The van der Waals surface area contributed by atoms with Crippen LogP contribution in [0.4, 0.5) is 5.82 Å². The van der Waals surface area contributed by atoms with Gasteiger partial charge in [0.15, 0.2) is 5.82 Å². The lowest BCUT2D eigenvalue weighted by Gasteiger charge is -2.23. The Balaban J connectivity index is 2.90. The highest BCUT2D eigenvalue weighted by molar-refractivity contribution is 6.32. The molecule has 1 heterocycles. The molecule has 0 atom stereocenters. The van der Waals surface area contributed by atoms with Crippen molar-refractivity contribution >= 4 is 29.0 Å². The normalized spacial score (nSPS) is 10.4. The summed E-state index contributed by atoms with van der Waals surface area (Å²) >= 11 is 11.9. The number of methoxy groups -OCH3 is 1. The summed E-state index contributed by atoms with van der Waals surface area (Å²) in [4.78, 5) is 10.3. The van der Waals surface area contributed by atoms with Crippen LogP contribution in [0.5, 0.6) is 6.01 Å². The fraction of sp³-hybridized carbons (Fsp3) is 0.636. The molecular weight excluding hydrogens is 261 g/mol. The monoisotopic (exact) mass is 277 g/mol. The fourth-order valence-corrected chi connectivity index (χ4v) is 1.85. The first-order valence-corrected chi connectivity index (χ1v) is 6.51. The van der Waals surface area contributed by atoms with E-state index in [0.717, 1.165) is 19.4 Å². The van der Waals surface area contributed by atoms with E-state index < -0.39 is 0 Å². The molecule has 17 heavy (non-hydrogen) atoms. The molecule has 1 rings (SSSR count). The van der Waals surface area contributed by atoms with Crippen LogP contribution in [0.15, 0.2) is 6.20 Å². The van der Waals surface area contributed by atoms with Gasteiger partial charge in [0.1, 0.15) is 5.02 Å². The molecule has 0 fully saturated rings. The minimum absolute atomic E-state index is 0.320. The zero-order valence-corrected chi connectivity index (χ0v) is 11.6. The summed E-state index contributed by atoms with van der Waals surface area (Å²) in [5, 5.41) is 0.520. The maximum Gasteiger partial charge on any atom is 0.318 e. The average Bonchev–Trinajstić information content (AvgIpc) is 2.35. The van der Waals surface area contributed by atoms with Crippen LogP contribution in [-0.2, 0) is 0 Å². The van der Waals surface area contributed by atoms with Gasteiger partial charge in [0.25, 0.3) is 0 Å². The second kappa shape index (κ2) is 7.56. The molecule has 0 spiro atoms. The van der Waals surface area contributed by atoms with Gasteiger partial charge in [-0.25, -0.2) is 4.98 Å². The quantitative estimate of drug-likeness (QED) is 0.719. The first kappa shape index (κ1) is 14.3. The lowest BCUT2D eigenvalue weighted by molar-refractivity contribution is 0.379. The van der Waals surface area contributed by atoms with Crippen molar-refractivity contribution < 1.29 is 4.74 Å². The van der Waals surface area contributed by atoms with Gasteiger partial charge in [0.2, 0.25) is 0 Å². The van der Waals surface area contributed by atoms with Gasteiger partial charge < -0.3 is 9.64 Å². The summed E-state index contributed by atoms with van der Waals surface area (Å²) in [6.07, 6.45) is 3.73. The van der Waals surface area contributed by atoms with Gasteiger partial charge in [-0.15, -0.1) is 11.6 Å². The molecule has 0 aromatic carbocycles. The number of hydrogen-bond acceptors (Lipinski definition) is 4. The van der Waals surface area contributed by atoms with Crippen molar-refractivity contribution in [2.45, 2.75) is 19.8 Å². The van der Waals surface area contributed by atoms with Crippen molar-refractivity contribution in [1.29, 1.82) is 0 Å². The van der Waals surface area contributed by atoms with E-state index in [1.807, 2.05) is 0 Å². The van der Waals surface area contributed by atoms with Gasteiger partial charge >= 0.3 is 6.01 Å². The second-order valence-corrected chi connectivity index (χ2v) is 4.34. The summed E-state index contributed by atoms with van der Waals surface area (Å²) < 4.78 is 5.00. The topological polar surface area (TPSA) is 38.2 Å². The zero-order chi connectivity index (χ0) is 12.7. The van der Waals surface area contributed by atoms with Gasteiger partial charge in [-0.2, -0.15) is 4.98 Å². The van der Waals surface area contributed by atoms with E-state index in [9.17, 15) is 0 Å². The van der Waals surface area contributed by atoms with E-state index in [-0.39, 0.29) is 0 Å². The molecule has 0 saturated heterocycles. The third kappa shape index (κ3) is 4.21. The molecule has 0 bridgehead atoms. The molecule has 1 aromatic heterocycles. The van der Waals surface area contributed by atoms with Crippen molar-refractivity contribution in [2.75, 3.05) is 31.0 Å². The van der Waals surface area contributed by atoms with Crippen molar-refractivity contribution in [3.8, 4) is 6.01 Å². The Kier molecular flexibility index (Phi) is 6.37. The number of alkyl halides is 1. The van der Waals surface area contributed by atoms with Gasteiger partial charge in [0, 0.05) is 19.0 Å². The molecule has 4 nitrogen and oxygen atoms in total. The van der Waals surface area contributed by atoms with Gasteiger partial charge in [-0.1, -0.05) is 24.9 Å². The molecule has 0 aliphatic heterocycles. The van der Waals surface area contributed by atoms with Crippen LogP contribution in [0.3, 0.4) is 0 Å². The Morgan fingerprint density at radius 2 is 2.18 bits per heavy atom. The molecule has 1 aromatic rings. The van der Waals surface area contributed by atoms with Crippen LogP contribution in [0, 0.1) is 0 Å². The van der Waals surface area contributed by atoms with E-state index in [0.29, 0.717) is 29.3 Å². The van der Waals surface area contributed by atoms with Gasteiger partial charge in [-0.05, 0) is 6.42 Å². The molecular formula is C11H17Cl2N3O. The van der Waals surface area contributed by atoms with E-state index in [1.54, 1.807) is 6.20 Å². The van der Waals surface area contributed by atoms with Gasteiger partial charge in [0.05, 0.1) is 13.3 Å². The number of unbranched alkanes of at least 4 members (excludes halogenated alkanes) is 1. The molecule has 6 heteroatoms. The van der Waals surface area contributed by atoms with Crippen LogP contribution in [-0.4, -0.2) is 36.0 Å². The second-order valence-electron chi connectivity index (χ2n) is 3.56. The molecule has 96 valence electrons. The number of ether oxygens (including phenoxy) is 1. The van der Waals surface area contributed by atoms with E-state index in [1.165, 1.54) is 7.11 Å². The number of nitrogens with zero attached hydrogens (tertiary/aromatic N) is 3. The Morgan fingerprint density at radius 1 is 1.41 bits per heavy atom. The van der Waals surface area contributed by atoms with Crippen LogP contribution < -0.4 is 9.64 Å². The van der Waals surface area contributed by atoms with E-state index in [2.05, 4.69) is 21.8 Å². The van der Waals surface area contributed by atoms with Crippen LogP contribution >= 0.6 is 23.2 Å². The van der Waals surface area contributed by atoms with Crippen LogP contribution in [0.1, 0.15) is 19.8 Å². The van der Waals surface area contributed by atoms with E-state index >= 15 is 0 Å². The third-order valence-electron chi connectivity index (χ3n) is 2.32. The minimum Gasteiger partial charge on any atom is -0.467 e. The Hall–Kier alpha value is -0.740. The number of aromatic nitrogens is 2. The molecule has 0 aliphatic rings. The van der Waals surface area contributed by atoms with E-state index in [4.69, 9.17) is 27.9 Å². The highest BCUT2D eigenvalue weighted by Crippen LogP contribution is 2.24. The maximum absolute atomic E-state index is 6.10. The summed E-state index contributed by atoms with van der Waals surface area (Å²) in [6, 6.07) is 0.320. The zero-order valence-electron chi connectivity index (χ0n) is 10.1. The molecule has 0 amide bonds. The predicted molar refractivity (Wildman–Crippen MR) is 71.4 cm³/mol. The number of hydrogen-bond donors (Lipinski definition) is 0. The molecule has 0 radical (unpaired) electrons. The lowest BCUT2D eigenvalue weighted by Crippen LogP contribution is -2.28. The predicted octanol–water partition coefficient (Wildman–Crippen LogP) is 2.98. The highest BCUT2D eigenvalue weighted by atomic mass is 35.5. The Labute approximate surface area is 112 Å². The molecule has 0 saturated carbocycles. The standard InChI is InChI=1S/C11H17Cl2N3O/c1-3-4-6-16(7-5-12)10-9(13)8-14-11(15-10)17-2/h8H,3-7H2,1-2H3. The highest BCUT2D eigenvalue weighted by Gasteiger charge is 2.13. The summed E-state index contributed by atoms with van der Waals surface area (Å²) in [6.45, 7) is 3.73. The van der Waals surface area contributed by atoms with Crippen LogP contribution in [0.25, 0.3) is 0 Å². The third-order valence-corrected chi connectivity index (χ3v) is 2.76.